The third-order valence-electron chi connectivity index (χ3n) is 4.07. The van der Waals surface area contributed by atoms with Gasteiger partial charge in [0.1, 0.15) is 11.3 Å². The first kappa shape index (κ1) is 19.0. The molecule has 3 aromatic carbocycles. The summed E-state index contributed by atoms with van der Waals surface area (Å²) in [6.45, 7) is 0. The van der Waals surface area contributed by atoms with Gasteiger partial charge in [0.05, 0.1) is 0 Å². The van der Waals surface area contributed by atoms with Crippen LogP contribution in [-0.4, -0.2) is 16.0 Å². The molecule has 0 aliphatic heterocycles. The highest BCUT2D eigenvalue weighted by molar-refractivity contribution is 7.80. The number of nitrogens with zero attached hydrogens (tertiary/aromatic N) is 1. The standard InChI is InChI=1S/C21H13ClFN3O2S/c22-14-5-10-18-17(11-14)25-20(28-18)13-3-8-16(9-4-13)24-21(29)26-19(27)12-1-6-15(23)7-2-12/h1-11H,(H2,24,26,27,29). The van der Waals surface area contributed by atoms with Crippen molar-refractivity contribution in [2.24, 2.45) is 0 Å². The van der Waals surface area contributed by atoms with Crippen molar-refractivity contribution in [2.75, 3.05) is 5.32 Å². The molecule has 2 N–H and O–H groups in total. The monoisotopic (exact) mass is 425 g/mol. The first-order chi connectivity index (χ1) is 14.0. The molecule has 4 aromatic rings. The van der Waals surface area contributed by atoms with Crippen LogP contribution < -0.4 is 10.6 Å². The number of rotatable bonds is 3. The molecule has 4 rings (SSSR count). The van der Waals surface area contributed by atoms with Crippen LogP contribution in [0.3, 0.4) is 0 Å². The fraction of sp³-hybridized carbons (Fsp3) is 0. The molecule has 0 aliphatic rings. The predicted molar refractivity (Wildman–Crippen MR) is 115 cm³/mol. The van der Waals surface area contributed by atoms with Gasteiger partial charge >= 0.3 is 0 Å². The van der Waals surface area contributed by atoms with E-state index >= 15 is 0 Å². The van der Waals surface area contributed by atoms with Crippen LogP contribution in [0, 0.1) is 5.82 Å². The Morgan fingerprint density at radius 2 is 1.76 bits per heavy atom. The molecule has 5 nitrogen and oxygen atoms in total. The summed E-state index contributed by atoms with van der Waals surface area (Å²) in [5, 5.41) is 6.19. The van der Waals surface area contributed by atoms with Crippen LogP contribution in [-0.2, 0) is 0 Å². The molecule has 1 aromatic heterocycles. The summed E-state index contributed by atoms with van der Waals surface area (Å²) in [4.78, 5) is 16.5. The maximum Gasteiger partial charge on any atom is 0.257 e. The van der Waals surface area contributed by atoms with Crippen LogP contribution in [0.5, 0.6) is 0 Å². The van der Waals surface area contributed by atoms with Gasteiger partial charge in [-0.3, -0.25) is 10.1 Å². The molecule has 0 saturated carbocycles. The van der Waals surface area contributed by atoms with Crippen molar-refractivity contribution in [3.8, 4) is 11.5 Å². The molecule has 0 spiro atoms. The lowest BCUT2D eigenvalue weighted by atomic mass is 10.2. The zero-order valence-corrected chi connectivity index (χ0v) is 16.4. The summed E-state index contributed by atoms with van der Waals surface area (Å²) in [6, 6.07) is 17.7. The summed E-state index contributed by atoms with van der Waals surface area (Å²) in [7, 11) is 0. The van der Waals surface area contributed by atoms with Crippen molar-refractivity contribution in [2.45, 2.75) is 0 Å². The first-order valence-corrected chi connectivity index (χ1v) is 9.31. The number of carbonyl (C=O) groups is 1. The van der Waals surface area contributed by atoms with Crippen molar-refractivity contribution in [3.05, 3.63) is 83.1 Å². The van der Waals surface area contributed by atoms with Crippen LogP contribution >= 0.6 is 23.8 Å². The Kier molecular flexibility index (Phi) is 5.24. The van der Waals surface area contributed by atoms with E-state index in [-0.39, 0.29) is 5.11 Å². The molecule has 0 fully saturated rings. The third-order valence-corrected chi connectivity index (χ3v) is 4.51. The number of aromatic nitrogens is 1. The summed E-state index contributed by atoms with van der Waals surface area (Å²) < 4.78 is 18.7. The Labute approximate surface area is 175 Å². The lowest BCUT2D eigenvalue weighted by molar-refractivity contribution is 0.0977. The molecule has 144 valence electrons. The smallest absolute Gasteiger partial charge is 0.257 e. The average molecular weight is 426 g/mol. The molecule has 1 amide bonds. The Morgan fingerprint density at radius 3 is 2.48 bits per heavy atom. The topological polar surface area (TPSA) is 67.2 Å². The van der Waals surface area contributed by atoms with Gasteiger partial charge in [-0.2, -0.15) is 0 Å². The summed E-state index contributed by atoms with van der Waals surface area (Å²) >= 11 is 11.1. The number of nitrogens with one attached hydrogen (secondary N) is 2. The van der Waals surface area contributed by atoms with Crippen LogP contribution in [0.15, 0.2) is 71.1 Å². The van der Waals surface area contributed by atoms with E-state index in [0.717, 1.165) is 5.56 Å². The van der Waals surface area contributed by atoms with Crippen molar-refractivity contribution in [1.29, 1.82) is 0 Å². The number of oxazole rings is 1. The van der Waals surface area contributed by atoms with Crippen molar-refractivity contribution in [3.63, 3.8) is 0 Å². The van der Waals surface area contributed by atoms with E-state index in [0.29, 0.717) is 33.3 Å². The van der Waals surface area contributed by atoms with E-state index in [1.165, 1.54) is 24.3 Å². The summed E-state index contributed by atoms with van der Waals surface area (Å²) in [6.07, 6.45) is 0. The van der Waals surface area contributed by atoms with Gasteiger partial charge < -0.3 is 9.73 Å². The highest BCUT2D eigenvalue weighted by Gasteiger charge is 2.10. The van der Waals surface area contributed by atoms with Gasteiger partial charge in [0, 0.05) is 21.8 Å². The number of hydrogen-bond acceptors (Lipinski definition) is 4. The fourth-order valence-electron chi connectivity index (χ4n) is 2.66. The molecule has 29 heavy (non-hydrogen) atoms. The van der Waals surface area contributed by atoms with Crippen molar-refractivity contribution < 1.29 is 13.6 Å². The first-order valence-electron chi connectivity index (χ1n) is 8.52. The zero-order valence-electron chi connectivity index (χ0n) is 14.8. The van der Waals surface area contributed by atoms with E-state index in [4.69, 9.17) is 28.2 Å². The number of hydrogen-bond donors (Lipinski definition) is 2. The van der Waals surface area contributed by atoms with Crippen LogP contribution in [0.4, 0.5) is 10.1 Å². The molecule has 0 saturated heterocycles. The highest BCUT2D eigenvalue weighted by atomic mass is 35.5. The Hall–Kier alpha value is -3.29. The molecular weight excluding hydrogens is 413 g/mol. The molecule has 0 unspecified atom stereocenters. The highest BCUT2D eigenvalue weighted by Crippen LogP contribution is 2.27. The molecule has 0 atom stereocenters. The second-order valence-corrected chi connectivity index (χ2v) is 6.97. The quantitative estimate of drug-likeness (QED) is 0.429. The van der Waals surface area contributed by atoms with Crippen molar-refractivity contribution >= 4 is 51.6 Å². The summed E-state index contributed by atoms with van der Waals surface area (Å²) in [5.74, 6) is -0.366. The Bertz CT molecular complexity index is 1210. The number of halogens is 2. The SMILES string of the molecule is O=C(NC(=S)Nc1ccc(-c2nc3cc(Cl)ccc3o2)cc1)c1ccc(F)cc1. The zero-order chi connectivity index (χ0) is 20.4. The molecule has 8 heteroatoms. The number of amides is 1. The van der Waals surface area contributed by atoms with Gasteiger partial charge in [-0.05, 0) is 78.9 Å². The number of benzene rings is 3. The van der Waals surface area contributed by atoms with Gasteiger partial charge in [0.25, 0.3) is 5.91 Å². The second kappa shape index (κ2) is 7.98. The predicted octanol–water partition coefficient (Wildman–Crippen LogP) is 5.41. The van der Waals surface area contributed by atoms with Crippen LogP contribution in [0.2, 0.25) is 5.02 Å². The van der Waals surface area contributed by atoms with E-state index in [1.54, 1.807) is 30.3 Å². The minimum Gasteiger partial charge on any atom is -0.436 e. The minimum absolute atomic E-state index is 0.128. The maximum absolute atomic E-state index is 12.9. The van der Waals surface area contributed by atoms with Gasteiger partial charge in [-0.1, -0.05) is 11.6 Å². The Morgan fingerprint density at radius 1 is 1.03 bits per heavy atom. The molecule has 1 heterocycles. The van der Waals surface area contributed by atoms with Crippen LogP contribution in [0.25, 0.3) is 22.6 Å². The second-order valence-electron chi connectivity index (χ2n) is 6.12. The molecule has 0 aliphatic carbocycles. The normalized spacial score (nSPS) is 10.7. The van der Waals surface area contributed by atoms with Gasteiger partial charge in [-0.15, -0.1) is 0 Å². The number of fused-ring (bicyclic) bond motifs is 1. The van der Waals surface area contributed by atoms with Gasteiger partial charge in [0.15, 0.2) is 10.7 Å². The summed E-state index contributed by atoms with van der Waals surface area (Å²) in [5.41, 5.74) is 3.10. The Balaban J connectivity index is 1.42. The molecular formula is C21H13ClFN3O2S. The van der Waals surface area contributed by atoms with Crippen molar-refractivity contribution in [1.82, 2.24) is 10.3 Å². The van der Waals surface area contributed by atoms with E-state index in [9.17, 15) is 9.18 Å². The third kappa shape index (κ3) is 4.42. The minimum atomic E-state index is -0.427. The van der Waals surface area contributed by atoms with Gasteiger partial charge in [0.2, 0.25) is 5.89 Å². The fourth-order valence-corrected chi connectivity index (χ4v) is 3.04. The number of carbonyl (C=O) groups excluding carboxylic acids is 1. The average Bonchev–Trinajstić information content (AvgIpc) is 3.12. The van der Waals surface area contributed by atoms with E-state index in [1.807, 2.05) is 12.1 Å². The number of thiocarbonyl (C=S) groups is 1. The van der Waals surface area contributed by atoms with Crippen LogP contribution in [0.1, 0.15) is 10.4 Å². The van der Waals surface area contributed by atoms with Gasteiger partial charge in [-0.25, -0.2) is 9.37 Å². The molecule has 0 bridgehead atoms. The van der Waals surface area contributed by atoms with E-state index < -0.39 is 11.7 Å². The largest absolute Gasteiger partial charge is 0.436 e. The lowest BCUT2D eigenvalue weighted by Gasteiger charge is -2.10. The maximum atomic E-state index is 12.9. The number of anilines is 1. The lowest BCUT2D eigenvalue weighted by Crippen LogP contribution is -2.34. The van der Waals surface area contributed by atoms with E-state index in [2.05, 4.69) is 15.6 Å². The molecule has 0 radical (unpaired) electrons.